The van der Waals surface area contributed by atoms with Gasteiger partial charge in [-0.15, -0.1) is 0 Å². The lowest BCUT2D eigenvalue weighted by Gasteiger charge is -2.47. The normalized spacial score (nSPS) is 19.3. The van der Waals surface area contributed by atoms with Gasteiger partial charge in [-0.2, -0.15) is 0 Å². The van der Waals surface area contributed by atoms with Gasteiger partial charge in [0.15, 0.2) is 11.6 Å². The second-order valence-corrected chi connectivity index (χ2v) is 15.9. The van der Waals surface area contributed by atoms with Crippen LogP contribution in [0.15, 0.2) is 54.2 Å². The predicted octanol–water partition coefficient (Wildman–Crippen LogP) is 6.42. The van der Waals surface area contributed by atoms with E-state index in [1.807, 2.05) is 42.2 Å². The summed E-state index contributed by atoms with van der Waals surface area (Å²) in [4.78, 5) is 41.1. The number of unbranched alkanes of at least 4 members (excludes halogenated alkanes) is 1. The first-order chi connectivity index (χ1) is 27.0. The molecule has 2 aliphatic heterocycles. The van der Waals surface area contributed by atoms with Crippen LogP contribution in [0.25, 0.3) is 5.57 Å². The molecule has 1 saturated carbocycles. The fourth-order valence-electron chi connectivity index (χ4n) is 7.19. The molecule has 2 aromatic carbocycles. The van der Waals surface area contributed by atoms with Crippen LogP contribution in [0.1, 0.15) is 60.8 Å². The fraction of sp³-hybridized carbons (Fsp3) is 0.462. The minimum Gasteiger partial charge on any atom is -0.616 e. The van der Waals surface area contributed by atoms with Gasteiger partial charge in [0.25, 0.3) is 5.91 Å². The fourth-order valence-corrected chi connectivity index (χ4v) is 8.92. The highest BCUT2D eigenvalue weighted by Gasteiger charge is 2.51. The van der Waals surface area contributed by atoms with Crippen LogP contribution < -0.4 is 9.47 Å². The summed E-state index contributed by atoms with van der Waals surface area (Å²) in [5, 5.41) is 16.7. The topological polar surface area (TPSA) is 157 Å². The lowest BCUT2D eigenvalue weighted by Crippen LogP contribution is -2.61. The van der Waals surface area contributed by atoms with Crippen LogP contribution in [0.4, 0.5) is 13.6 Å². The Morgan fingerprint density at radius 2 is 1.75 bits per heavy atom. The maximum absolute atomic E-state index is 15.0. The molecule has 2 fully saturated rings. The first-order valence-corrected chi connectivity index (χ1v) is 20.3. The van der Waals surface area contributed by atoms with Crippen LogP contribution in [0.5, 0.6) is 11.6 Å². The molecule has 6 rings (SSSR count). The van der Waals surface area contributed by atoms with Gasteiger partial charge in [0.2, 0.25) is 5.88 Å². The zero-order valence-corrected chi connectivity index (χ0v) is 32.7. The van der Waals surface area contributed by atoms with Crippen molar-refractivity contribution < 1.29 is 52.4 Å². The number of aryl methyl sites for hydroxylation is 1. The second kappa shape index (κ2) is 18.9. The van der Waals surface area contributed by atoms with Crippen molar-refractivity contribution >= 4 is 40.4 Å². The maximum Gasteiger partial charge on any atom is 0.410 e. The number of pyridine rings is 1. The second-order valence-electron chi connectivity index (χ2n) is 13.9. The standard InChI is InChI=1S/C39H45ClF2N4O9S/c1-24-27(15-16-43-37(24)52-2)21-44(28-11-12-28)38(47)34-30(20-29-22-56(51)23-33(34)45(29)39(48)54-17-3-4-19-55-46(49)50)26-9-7-25(8-10-26)6-5-18-53-36-32(42)14-13-31(41)35(36)40/h7-10,13-16,28-29,33,49-50H,3-6,11-12,17-23H2,1-2H3. The minimum absolute atomic E-state index is 0.000589. The van der Waals surface area contributed by atoms with Gasteiger partial charge in [-0.3, -0.25) is 24.9 Å². The Balaban J connectivity index is 1.26. The van der Waals surface area contributed by atoms with Crippen LogP contribution in [-0.2, 0) is 38.5 Å². The Kier molecular flexibility index (Phi) is 14.1. The van der Waals surface area contributed by atoms with Gasteiger partial charge < -0.3 is 23.7 Å². The van der Waals surface area contributed by atoms with Gasteiger partial charge >= 0.3 is 6.09 Å². The van der Waals surface area contributed by atoms with Crippen molar-refractivity contribution in [3.8, 4) is 11.6 Å². The summed E-state index contributed by atoms with van der Waals surface area (Å²) >= 11 is 4.59. The zero-order chi connectivity index (χ0) is 39.9. The SMILES string of the molecule is COc1nccc(CN(C(=O)C2=C(c3ccc(CCCOc4c(F)ccc(F)c4Cl)cc3)CC3C[S+]([O-])CC2N3C(=O)OCCCCON(O)O)C2CC2)c1C. The molecule has 1 saturated heterocycles. The van der Waals surface area contributed by atoms with E-state index in [4.69, 9.17) is 36.2 Å². The number of aromatic nitrogens is 1. The molecule has 3 aliphatic rings. The van der Waals surface area contributed by atoms with Crippen molar-refractivity contribution in [3.63, 3.8) is 0 Å². The molecule has 1 aromatic heterocycles. The molecule has 2 N–H and O–H groups in total. The number of fused-ring (bicyclic) bond motifs is 2. The number of halogens is 3. The van der Waals surface area contributed by atoms with E-state index >= 15 is 4.79 Å². The Labute approximate surface area is 331 Å². The van der Waals surface area contributed by atoms with Crippen molar-refractivity contribution in [1.82, 2.24) is 20.2 Å². The van der Waals surface area contributed by atoms with E-state index in [9.17, 15) is 18.1 Å². The van der Waals surface area contributed by atoms with E-state index in [1.165, 1.54) is 0 Å². The smallest absolute Gasteiger partial charge is 0.410 e. The van der Waals surface area contributed by atoms with Crippen LogP contribution >= 0.6 is 11.6 Å². The number of ether oxygens (including phenoxy) is 3. The third kappa shape index (κ3) is 9.91. The number of hydrogen-bond acceptors (Lipinski definition) is 11. The molecule has 3 heterocycles. The van der Waals surface area contributed by atoms with E-state index in [0.717, 1.165) is 52.8 Å². The Hall–Kier alpha value is -4.03. The molecule has 0 radical (unpaired) electrons. The molecule has 3 unspecified atom stereocenters. The molecule has 56 heavy (non-hydrogen) atoms. The summed E-state index contributed by atoms with van der Waals surface area (Å²) in [5.41, 5.74) is 4.64. The first kappa shape index (κ1) is 41.6. The zero-order valence-electron chi connectivity index (χ0n) is 31.1. The first-order valence-electron chi connectivity index (χ1n) is 18.5. The summed E-state index contributed by atoms with van der Waals surface area (Å²) < 4.78 is 57.9. The number of amides is 2. The molecule has 2 amide bonds. The van der Waals surface area contributed by atoms with E-state index < -0.39 is 46.0 Å². The largest absolute Gasteiger partial charge is 0.616 e. The monoisotopic (exact) mass is 818 g/mol. The number of benzene rings is 2. The Morgan fingerprint density at radius 1 is 1.02 bits per heavy atom. The van der Waals surface area contributed by atoms with Crippen molar-refractivity contribution in [2.45, 2.75) is 76.5 Å². The molecule has 3 aromatic rings. The molecule has 2 bridgehead atoms. The van der Waals surface area contributed by atoms with Crippen molar-refractivity contribution in [1.29, 1.82) is 0 Å². The minimum atomic E-state index is -1.30. The van der Waals surface area contributed by atoms with E-state index in [-0.39, 0.29) is 60.8 Å². The van der Waals surface area contributed by atoms with Gasteiger partial charge in [-0.25, -0.2) is 18.6 Å². The van der Waals surface area contributed by atoms with Gasteiger partial charge in [0.1, 0.15) is 28.4 Å². The van der Waals surface area contributed by atoms with Crippen LogP contribution in [0.3, 0.4) is 0 Å². The molecule has 0 spiro atoms. The Bertz CT molecular complexity index is 1900. The quantitative estimate of drug-likeness (QED) is 0.0671. The van der Waals surface area contributed by atoms with E-state index in [1.54, 1.807) is 18.2 Å². The number of methoxy groups -OCH3 is 1. The highest BCUT2D eigenvalue weighted by atomic mass is 35.5. The van der Waals surface area contributed by atoms with Crippen molar-refractivity contribution in [3.05, 3.63) is 93.1 Å². The van der Waals surface area contributed by atoms with E-state index in [0.29, 0.717) is 43.7 Å². The van der Waals surface area contributed by atoms with Crippen LogP contribution in [0.2, 0.25) is 5.02 Å². The molecule has 1 aliphatic carbocycles. The number of hydrogen-bond donors (Lipinski definition) is 2. The summed E-state index contributed by atoms with van der Waals surface area (Å²) in [6, 6.07) is 10.2. The third-order valence-corrected chi connectivity index (χ3v) is 12.0. The summed E-state index contributed by atoms with van der Waals surface area (Å²) in [6.07, 6.45) is 4.80. The van der Waals surface area contributed by atoms with Crippen molar-refractivity contribution in [2.75, 3.05) is 38.4 Å². The highest BCUT2D eigenvalue weighted by Crippen LogP contribution is 2.42. The molecular formula is C39H45ClF2N4O9S. The van der Waals surface area contributed by atoms with Gasteiger partial charge in [0.05, 0.1) is 38.4 Å². The van der Waals surface area contributed by atoms with Crippen LogP contribution in [0, 0.1) is 18.6 Å². The number of carbonyl (C=O) groups is 2. The van der Waals surface area contributed by atoms with Gasteiger partial charge in [0, 0.05) is 29.9 Å². The lowest BCUT2D eigenvalue weighted by molar-refractivity contribution is -0.492. The molecule has 3 atom stereocenters. The van der Waals surface area contributed by atoms with Crippen molar-refractivity contribution in [2.24, 2.45) is 0 Å². The van der Waals surface area contributed by atoms with Gasteiger partial charge in [-0.05, 0) is 104 Å². The molecule has 13 nitrogen and oxygen atoms in total. The lowest BCUT2D eigenvalue weighted by atomic mass is 9.84. The Morgan fingerprint density at radius 3 is 2.46 bits per heavy atom. The number of nitrogens with zero attached hydrogens (tertiary/aromatic N) is 4. The average molecular weight is 819 g/mol. The highest BCUT2D eigenvalue weighted by molar-refractivity contribution is 7.91. The summed E-state index contributed by atoms with van der Waals surface area (Å²) in [5.74, 6) is -1.30. The maximum atomic E-state index is 15.0. The predicted molar refractivity (Wildman–Crippen MR) is 201 cm³/mol. The number of carbonyl (C=O) groups excluding carboxylic acids is 2. The third-order valence-electron chi connectivity index (χ3n) is 10.2. The van der Waals surface area contributed by atoms with E-state index in [2.05, 4.69) is 9.82 Å². The summed E-state index contributed by atoms with van der Waals surface area (Å²) in [7, 11) is 1.55. The number of rotatable bonds is 17. The van der Waals surface area contributed by atoms with Crippen LogP contribution in [-0.4, -0.2) is 104 Å². The molecule has 302 valence electrons. The molecule has 17 heteroatoms. The van der Waals surface area contributed by atoms with Gasteiger partial charge in [-0.1, -0.05) is 35.9 Å². The average Bonchev–Trinajstić information content (AvgIpc) is 4.02. The summed E-state index contributed by atoms with van der Waals surface area (Å²) in [6.45, 7) is 2.33. The molecular weight excluding hydrogens is 774 g/mol.